The molecule has 1 amide bonds. The molecule has 2 heterocycles. The van der Waals surface area contributed by atoms with Crippen molar-refractivity contribution in [3.8, 4) is 17.2 Å². The van der Waals surface area contributed by atoms with Crippen molar-refractivity contribution in [3.05, 3.63) is 12.1 Å². The maximum Gasteiger partial charge on any atom is 0.256 e. The van der Waals surface area contributed by atoms with E-state index in [1.807, 2.05) is 4.90 Å². The van der Waals surface area contributed by atoms with Gasteiger partial charge >= 0.3 is 0 Å². The van der Waals surface area contributed by atoms with Crippen molar-refractivity contribution in [2.45, 2.75) is 18.9 Å². The number of benzene rings is 1. The van der Waals surface area contributed by atoms with Crippen molar-refractivity contribution in [2.24, 2.45) is 0 Å². The second-order valence-corrected chi connectivity index (χ2v) is 5.56. The van der Waals surface area contributed by atoms with Gasteiger partial charge in [0.05, 0.1) is 27.0 Å². The molecule has 7 heteroatoms. The topological polar surface area (TPSA) is 51.2 Å². The van der Waals surface area contributed by atoms with Crippen LogP contribution in [0.15, 0.2) is 12.1 Å². The Morgan fingerprint density at radius 1 is 1.14 bits per heavy atom. The van der Waals surface area contributed by atoms with E-state index in [9.17, 15) is 4.79 Å². The van der Waals surface area contributed by atoms with Crippen LogP contribution in [0.25, 0.3) is 0 Å². The van der Waals surface area contributed by atoms with E-state index in [0.29, 0.717) is 28.0 Å². The normalized spacial score (nSPS) is 20.4. The SMILES string of the molecule is COc1cc(N2C(=O)[C@@H]3CCCN3C2=S)cc(OC)c1OC. The third-order valence-corrected chi connectivity index (χ3v) is 4.52. The van der Waals surface area contributed by atoms with Gasteiger partial charge < -0.3 is 19.1 Å². The number of nitrogens with zero attached hydrogens (tertiary/aromatic N) is 2. The largest absolute Gasteiger partial charge is 0.493 e. The molecule has 0 aromatic heterocycles. The monoisotopic (exact) mass is 322 g/mol. The summed E-state index contributed by atoms with van der Waals surface area (Å²) in [5.74, 6) is 1.50. The van der Waals surface area contributed by atoms with Crippen molar-refractivity contribution >= 4 is 28.9 Å². The zero-order valence-corrected chi connectivity index (χ0v) is 13.6. The van der Waals surface area contributed by atoms with Gasteiger partial charge in [0.25, 0.3) is 5.91 Å². The van der Waals surface area contributed by atoms with E-state index >= 15 is 0 Å². The summed E-state index contributed by atoms with van der Waals surface area (Å²) in [5, 5.41) is 0.543. The average molecular weight is 322 g/mol. The van der Waals surface area contributed by atoms with E-state index < -0.39 is 0 Å². The summed E-state index contributed by atoms with van der Waals surface area (Å²) in [5.41, 5.74) is 0.638. The molecule has 0 bridgehead atoms. The second kappa shape index (κ2) is 5.64. The molecule has 2 saturated heterocycles. The van der Waals surface area contributed by atoms with Gasteiger partial charge in [0.2, 0.25) is 5.75 Å². The Balaban J connectivity index is 2.05. The number of fused-ring (bicyclic) bond motifs is 1. The third-order valence-electron chi connectivity index (χ3n) is 4.10. The highest BCUT2D eigenvalue weighted by molar-refractivity contribution is 7.80. The number of carbonyl (C=O) groups is 1. The highest BCUT2D eigenvalue weighted by Gasteiger charge is 2.45. The lowest BCUT2D eigenvalue weighted by Crippen LogP contribution is -2.32. The zero-order valence-electron chi connectivity index (χ0n) is 12.8. The molecular formula is C15H18N2O4S. The van der Waals surface area contributed by atoms with E-state index in [1.165, 1.54) is 0 Å². The molecule has 0 spiro atoms. The summed E-state index contributed by atoms with van der Waals surface area (Å²) in [6.07, 6.45) is 1.85. The van der Waals surface area contributed by atoms with Gasteiger partial charge in [0.1, 0.15) is 6.04 Å². The summed E-state index contributed by atoms with van der Waals surface area (Å²) < 4.78 is 16.0. The molecule has 0 aliphatic carbocycles. The fourth-order valence-electron chi connectivity index (χ4n) is 3.06. The number of hydrogen-bond acceptors (Lipinski definition) is 5. The molecule has 1 atom stereocenters. The molecule has 0 N–H and O–H groups in total. The summed E-state index contributed by atoms with van der Waals surface area (Å²) >= 11 is 5.48. The fourth-order valence-corrected chi connectivity index (χ4v) is 3.47. The van der Waals surface area contributed by atoms with Gasteiger partial charge in [-0.05, 0) is 25.1 Å². The van der Waals surface area contributed by atoms with Crippen LogP contribution < -0.4 is 19.1 Å². The van der Waals surface area contributed by atoms with Crippen molar-refractivity contribution in [1.29, 1.82) is 0 Å². The Kier molecular flexibility index (Phi) is 3.82. The van der Waals surface area contributed by atoms with E-state index in [-0.39, 0.29) is 11.9 Å². The smallest absolute Gasteiger partial charge is 0.256 e. The predicted octanol–water partition coefficient (Wildman–Crippen LogP) is 1.81. The minimum Gasteiger partial charge on any atom is -0.493 e. The van der Waals surface area contributed by atoms with E-state index in [1.54, 1.807) is 38.4 Å². The van der Waals surface area contributed by atoms with E-state index in [2.05, 4.69) is 0 Å². The van der Waals surface area contributed by atoms with Gasteiger partial charge in [-0.2, -0.15) is 0 Å². The van der Waals surface area contributed by atoms with Gasteiger partial charge in [0, 0.05) is 18.7 Å². The third kappa shape index (κ3) is 2.08. The maximum atomic E-state index is 12.6. The van der Waals surface area contributed by atoms with Crippen molar-refractivity contribution < 1.29 is 19.0 Å². The first kappa shape index (κ1) is 14.9. The van der Waals surface area contributed by atoms with Gasteiger partial charge in [-0.15, -0.1) is 0 Å². The molecule has 1 aromatic carbocycles. The molecule has 118 valence electrons. The van der Waals surface area contributed by atoms with Gasteiger partial charge in [-0.3, -0.25) is 9.69 Å². The van der Waals surface area contributed by atoms with Crippen LogP contribution in [0, 0.1) is 0 Å². The molecule has 6 nitrogen and oxygen atoms in total. The number of hydrogen-bond donors (Lipinski definition) is 0. The molecule has 22 heavy (non-hydrogen) atoms. The lowest BCUT2D eigenvalue weighted by molar-refractivity contribution is -0.119. The first-order valence-electron chi connectivity index (χ1n) is 7.07. The quantitative estimate of drug-likeness (QED) is 0.788. The molecule has 0 unspecified atom stereocenters. The molecule has 0 saturated carbocycles. The van der Waals surface area contributed by atoms with Gasteiger partial charge in [-0.25, -0.2) is 0 Å². The van der Waals surface area contributed by atoms with Crippen LogP contribution in [0.1, 0.15) is 12.8 Å². The number of ether oxygens (including phenoxy) is 3. The summed E-state index contributed by atoms with van der Waals surface area (Å²) in [4.78, 5) is 16.2. The van der Waals surface area contributed by atoms with Crippen LogP contribution in [-0.2, 0) is 4.79 Å². The summed E-state index contributed by atoms with van der Waals surface area (Å²) in [7, 11) is 4.63. The number of methoxy groups -OCH3 is 3. The maximum absolute atomic E-state index is 12.6. The first-order valence-corrected chi connectivity index (χ1v) is 7.47. The van der Waals surface area contributed by atoms with Gasteiger partial charge in [0.15, 0.2) is 16.6 Å². The minimum atomic E-state index is -0.133. The van der Waals surface area contributed by atoms with Crippen LogP contribution in [0.3, 0.4) is 0 Å². The Morgan fingerprint density at radius 3 is 2.27 bits per heavy atom. The summed E-state index contributed by atoms with van der Waals surface area (Å²) in [6, 6.07) is 3.35. The predicted molar refractivity (Wildman–Crippen MR) is 85.9 cm³/mol. The van der Waals surface area contributed by atoms with Crippen LogP contribution >= 0.6 is 12.2 Å². The standard InChI is InChI=1S/C15H18N2O4S/c1-19-11-7-9(8-12(20-2)13(11)21-3)17-14(18)10-5-4-6-16(10)15(17)22/h7-8,10H,4-6H2,1-3H3/t10-/m0/s1. The molecular weight excluding hydrogens is 304 g/mol. The zero-order chi connectivity index (χ0) is 15.9. The fraction of sp³-hybridized carbons (Fsp3) is 0.467. The second-order valence-electron chi connectivity index (χ2n) is 5.19. The van der Waals surface area contributed by atoms with Crippen molar-refractivity contribution in [1.82, 2.24) is 4.90 Å². The molecule has 2 aliphatic heterocycles. The highest BCUT2D eigenvalue weighted by Crippen LogP contribution is 2.42. The highest BCUT2D eigenvalue weighted by atomic mass is 32.1. The van der Waals surface area contributed by atoms with Crippen LogP contribution in [-0.4, -0.2) is 49.8 Å². The van der Waals surface area contributed by atoms with E-state index in [0.717, 1.165) is 19.4 Å². The first-order chi connectivity index (χ1) is 10.6. The Labute approximate surface area is 134 Å². The molecule has 2 aliphatic rings. The lowest BCUT2D eigenvalue weighted by Gasteiger charge is -2.21. The van der Waals surface area contributed by atoms with Crippen LogP contribution in [0.5, 0.6) is 17.2 Å². The Bertz CT molecular complexity index is 587. The van der Waals surface area contributed by atoms with Crippen LogP contribution in [0.4, 0.5) is 5.69 Å². The number of rotatable bonds is 4. The minimum absolute atomic E-state index is 0.0109. The summed E-state index contributed by atoms with van der Waals surface area (Å²) in [6.45, 7) is 0.830. The van der Waals surface area contributed by atoms with Crippen molar-refractivity contribution in [2.75, 3.05) is 32.8 Å². The number of anilines is 1. The number of carbonyl (C=O) groups excluding carboxylic acids is 1. The number of amides is 1. The number of thiocarbonyl (C=S) groups is 1. The van der Waals surface area contributed by atoms with E-state index in [4.69, 9.17) is 26.4 Å². The van der Waals surface area contributed by atoms with Crippen LogP contribution in [0.2, 0.25) is 0 Å². The molecule has 3 rings (SSSR count). The molecule has 1 aromatic rings. The molecule has 2 fully saturated rings. The van der Waals surface area contributed by atoms with Crippen molar-refractivity contribution in [3.63, 3.8) is 0 Å². The lowest BCUT2D eigenvalue weighted by atomic mass is 10.2. The van der Waals surface area contributed by atoms with Gasteiger partial charge in [-0.1, -0.05) is 0 Å². The average Bonchev–Trinajstić information content (AvgIpc) is 3.10. The Morgan fingerprint density at radius 2 is 1.77 bits per heavy atom. The Hall–Kier alpha value is -2.02. The molecule has 0 radical (unpaired) electrons.